The zero-order valence-corrected chi connectivity index (χ0v) is 13.5. The van der Waals surface area contributed by atoms with E-state index in [1.807, 2.05) is 11.6 Å². The predicted molar refractivity (Wildman–Crippen MR) is 86.0 cm³/mol. The van der Waals surface area contributed by atoms with Crippen LogP contribution in [-0.2, 0) is 19.4 Å². The van der Waals surface area contributed by atoms with E-state index >= 15 is 0 Å². The molecule has 0 aromatic carbocycles. The maximum atomic E-state index is 13.0. The molecule has 0 spiro atoms. The first-order valence-electron chi connectivity index (χ1n) is 7.61. The SMILES string of the molecule is O=C(c1csc2c1CCCC2)N(Cc1nccs1)C1CC1. The molecule has 2 aromatic heterocycles. The van der Waals surface area contributed by atoms with E-state index in [0.717, 1.165) is 36.3 Å². The fourth-order valence-electron chi connectivity index (χ4n) is 3.06. The molecule has 1 amide bonds. The van der Waals surface area contributed by atoms with Crippen molar-refractivity contribution in [2.75, 3.05) is 0 Å². The molecule has 0 atom stereocenters. The van der Waals surface area contributed by atoms with Crippen molar-refractivity contribution in [2.45, 2.75) is 51.1 Å². The van der Waals surface area contributed by atoms with E-state index < -0.39 is 0 Å². The van der Waals surface area contributed by atoms with Gasteiger partial charge in [-0.3, -0.25) is 4.79 Å². The number of aryl methyl sites for hydroxylation is 1. The maximum absolute atomic E-state index is 13.0. The van der Waals surface area contributed by atoms with Gasteiger partial charge in [-0.2, -0.15) is 0 Å². The molecular weight excluding hydrogens is 300 g/mol. The second kappa shape index (κ2) is 5.54. The zero-order valence-electron chi connectivity index (χ0n) is 11.9. The number of hydrogen-bond donors (Lipinski definition) is 0. The zero-order chi connectivity index (χ0) is 14.2. The molecular formula is C16H18N2OS2. The number of amides is 1. The van der Waals surface area contributed by atoms with Gasteiger partial charge in [0.25, 0.3) is 5.91 Å². The Bertz CT molecular complexity index is 643. The minimum atomic E-state index is 0.229. The van der Waals surface area contributed by atoms with Gasteiger partial charge >= 0.3 is 0 Å². The average Bonchev–Trinajstić information content (AvgIpc) is 3.05. The fraction of sp³-hybridized carbons (Fsp3) is 0.500. The molecule has 0 radical (unpaired) electrons. The second-order valence-corrected chi connectivity index (χ2v) is 7.79. The summed E-state index contributed by atoms with van der Waals surface area (Å²) in [4.78, 5) is 20.8. The van der Waals surface area contributed by atoms with Crippen molar-refractivity contribution in [2.24, 2.45) is 0 Å². The molecule has 4 rings (SSSR count). The molecule has 0 unspecified atom stereocenters. The number of rotatable bonds is 4. The highest BCUT2D eigenvalue weighted by atomic mass is 32.1. The fourth-order valence-corrected chi connectivity index (χ4v) is 4.79. The molecule has 3 nitrogen and oxygen atoms in total. The molecule has 5 heteroatoms. The summed E-state index contributed by atoms with van der Waals surface area (Å²) in [5.41, 5.74) is 2.30. The number of hydrogen-bond acceptors (Lipinski definition) is 4. The lowest BCUT2D eigenvalue weighted by Crippen LogP contribution is -2.33. The van der Waals surface area contributed by atoms with Crippen LogP contribution in [0.1, 0.15) is 51.5 Å². The lowest BCUT2D eigenvalue weighted by molar-refractivity contribution is 0.0729. The van der Waals surface area contributed by atoms with Gasteiger partial charge in [0.2, 0.25) is 0 Å². The quantitative estimate of drug-likeness (QED) is 0.857. The Morgan fingerprint density at radius 2 is 2.14 bits per heavy atom. The second-order valence-electron chi connectivity index (χ2n) is 5.85. The summed E-state index contributed by atoms with van der Waals surface area (Å²) in [6, 6.07) is 0.431. The molecule has 2 aromatic rings. The van der Waals surface area contributed by atoms with Crippen LogP contribution >= 0.6 is 22.7 Å². The first-order chi connectivity index (χ1) is 10.3. The Morgan fingerprint density at radius 1 is 1.29 bits per heavy atom. The van der Waals surface area contributed by atoms with E-state index in [1.54, 1.807) is 22.7 Å². The van der Waals surface area contributed by atoms with E-state index in [-0.39, 0.29) is 5.91 Å². The molecule has 2 aliphatic carbocycles. The van der Waals surface area contributed by atoms with Crippen molar-refractivity contribution in [3.8, 4) is 0 Å². The Morgan fingerprint density at radius 3 is 2.90 bits per heavy atom. The Hall–Kier alpha value is -1.20. The smallest absolute Gasteiger partial charge is 0.255 e. The molecule has 2 heterocycles. The van der Waals surface area contributed by atoms with Crippen LogP contribution in [0.3, 0.4) is 0 Å². The Labute approximate surface area is 132 Å². The van der Waals surface area contributed by atoms with Crippen molar-refractivity contribution in [3.63, 3.8) is 0 Å². The van der Waals surface area contributed by atoms with Gasteiger partial charge < -0.3 is 4.90 Å². The van der Waals surface area contributed by atoms with Crippen molar-refractivity contribution in [1.29, 1.82) is 0 Å². The third-order valence-electron chi connectivity index (χ3n) is 4.33. The van der Waals surface area contributed by atoms with Gasteiger partial charge in [-0.25, -0.2) is 4.98 Å². The summed E-state index contributed by atoms with van der Waals surface area (Å²) in [5, 5.41) is 5.12. The summed E-state index contributed by atoms with van der Waals surface area (Å²) in [7, 11) is 0. The van der Waals surface area contributed by atoms with E-state index in [9.17, 15) is 4.79 Å². The van der Waals surface area contributed by atoms with Crippen LogP contribution in [0.4, 0.5) is 0 Å². The minimum absolute atomic E-state index is 0.229. The van der Waals surface area contributed by atoms with Crippen LogP contribution in [0.2, 0.25) is 0 Å². The van der Waals surface area contributed by atoms with Crippen LogP contribution in [0.15, 0.2) is 17.0 Å². The van der Waals surface area contributed by atoms with Crippen LogP contribution in [0.5, 0.6) is 0 Å². The Kier molecular flexibility index (Phi) is 3.55. The summed E-state index contributed by atoms with van der Waals surface area (Å²) < 4.78 is 0. The average molecular weight is 318 g/mol. The van der Waals surface area contributed by atoms with Crippen molar-refractivity contribution in [1.82, 2.24) is 9.88 Å². The third-order valence-corrected chi connectivity index (χ3v) is 6.18. The highest BCUT2D eigenvalue weighted by Gasteiger charge is 2.35. The first kappa shape index (κ1) is 13.5. The van der Waals surface area contributed by atoms with Gasteiger partial charge in [0.05, 0.1) is 12.1 Å². The minimum Gasteiger partial charge on any atom is -0.329 e. The van der Waals surface area contributed by atoms with Crippen LogP contribution in [0, 0.1) is 0 Å². The number of aromatic nitrogens is 1. The Balaban J connectivity index is 1.60. The summed E-state index contributed by atoms with van der Waals surface area (Å²) in [6.07, 6.45) is 8.83. The number of fused-ring (bicyclic) bond motifs is 1. The van der Waals surface area contributed by atoms with E-state index in [4.69, 9.17) is 0 Å². The normalized spacial score (nSPS) is 17.5. The molecule has 21 heavy (non-hydrogen) atoms. The van der Waals surface area contributed by atoms with E-state index in [2.05, 4.69) is 15.3 Å². The van der Waals surface area contributed by atoms with Gasteiger partial charge in [-0.15, -0.1) is 22.7 Å². The number of carbonyl (C=O) groups is 1. The lowest BCUT2D eigenvalue weighted by atomic mass is 9.95. The summed E-state index contributed by atoms with van der Waals surface area (Å²) in [5.74, 6) is 0.229. The van der Waals surface area contributed by atoms with Crippen molar-refractivity contribution in [3.05, 3.63) is 38.0 Å². The molecule has 110 valence electrons. The predicted octanol–water partition coefficient (Wildman–Crippen LogP) is 3.89. The number of carbonyl (C=O) groups excluding carboxylic acids is 1. The molecule has 0 saturated heterocycles. The monoisotopic (exact) mass is 318 g/mol. The van der Waals surface area contributed by atoms with Crippen LogP contribution in [-0.4, -0.2) is 21.8 Å². The number of nitrogens with zero attached hydrogens (tertiary/aromatic N) is 2. The summed E-state index contributed by atoms with van der Waals surface area (Å²) in [6.45, 7) is 0.672. The molecule has 1 fully saturated rings. The van der Waals surface area contributed by atoms with Crippen LogP contribution < -0.4 is 0 Å². The molecule has 0 N–H and O–H groups in total. The standard InChI is InChI=1S/C16H18N2OS2/c19-16(13-10-21-14-4-2-1-3-12(13)14)18(11-5-6-11)9-15-17-7-8-20-15/h7-8,10-11H,1-6,9H2. The van der Waals surface area contributed by atoms with Gasteiger partial charge in [0, 0.05) is 27.9 Å². The number of thiophene rings is 1. The topological polar surface area (TPSA) is 33.2 Å². The largest absolute Gasteiger partial charge is 0.329 e. The molecule has 0 aliphatic heterocycles. The number of thiazole rings is 1. The van der Waals surface area contributed by atoms with Crippen molar-refractivity contribution >= 4 is 28.6 Å². The molecule has 1 saturated carbocycles. The molecule has 0 bridgehead atoms. The van der Waals surface area contributed by atoms with Crippen LogP contribution in [0.25, 0.3) is 0 Å². The van der Waals surface area contributed by atoms with Gasteiger partial charge in [0.1, 0.15) is 5.01 Å². The highest BCUT2D eigenvalue weighted by molar-refractivity contribution is 7.10. The first-order valence-corrected chi connectivity index (χ1v) is 9.37. The lowest BCUT2D eigenvalue weighted by Gasteiger charge is -2.22. The maximum Gasteiger partial charge on any atom is 0.255 e. The molecule has 2 aliphatic rings. The van der Waals surface area contributed by atoms with Gasteiger partial charge in [-0.1, -0.05) is 0 Å². The summed E-state index contributed by atoms with van der Waals surface area (Å²) >= 11 is 3.41. The highest BCUT2D eigenvalue weighted by Crippen LogP contribution is 2.35. The van der Waals surface area contributed by atoms with E-state index in [0.29, 0.717) is 12.6 Å². The van der Waals surface area contributed by atoms with Gasteiger partial charge in [0.15, 0.2) is 0 Å². The third kappa shape index (κ3) is 2.64. The van der Waals surface area contributed by atoms with Crippen molar-refractivity contribution < 1.29 is 4.79 Å². The van der Waals surface area contributed by atoms with E-state index in [1.165, 1.54) is 23.3 Å². The van der Waals surface area contributed by atoms with Gasteiger partial charge in [-0.05, 0) is 44.1 Å².